The quantitative estimate of drug-likeness (QED) is 0.574. The van der Waals surface area contributed by atoms with Gasteiger partial charge in [0.1, 0.15) is 23.9 Å². The average molecular weight is 374 g/mol. The van der Waals surface area contributed by atoms with Crippen molar-refractivity contribution in [2.45, 2.75) is 13.5 Å². The van der Waals surface area contributed by atoms with Gasteiger partial charge in [-0.25, -0.2) is 0 Å². The Morgan fingerprint density at radius 2 is 1.79 bits per heavy atom. The summed E-state index contributed by atoms with van der Waals surface area (Å²) in [6.07, 6.45) is 3.69. The molecule has 28 heavy (non-hydrogen) atoms. The summed E-state index contributed by atoms with van der Waals surface area (Å²) in [7, 11) is 1.57. The van der Waals surface area contributed by atoms with Gasteiger partial charge in [-0.15, -0.1) is 0 Å². The Morgan fingerprint density at radius 3 is 2.50 bits per heavy atom. The summed E-state index contributed by atoms with van der Waals surface area (Å²) < 4.78 is 11.2. The van der Waals surface area contributed by atoms with Crippen LogP contribution in [0, 0.1) is 0 Å². The summed E-state index contributed by atoms with van der Waals surface area (Å²) in [5.41, 5.74) is 2.55. The molecular weight excluding hydrogens is 352 g/mol. The maximum atomic E-state index is 13.3. The highest BCUT2D eigenvalue weighted by Gasteiger charge is 2.19. The van der Waals surface area contributed by atoms with E-state index >= 15 is 0 Å². The van der Waals surface area contributed by atoms with Gasteiger partial charge in [-0.1, -0.05) is 48.6 Å². The van der Waals surface area contributed by atoms with Crippen LogP contribution in [0.4, 0.5) is 0 Å². The number of carbonyl (C=O) groups is 1. The minimum atomic E-state index is -0.227. The normalized spacial score (nSPS) is 10.8. The predicted octanol–water partition coefficient (Wildman–Crippen LogP) is 5.24. The fourth-order valence-electron chi connectivity index (χ4n) is 2.88. The summed E-state index contributed by atoms with van der Waals surface area (Å²) in [6.45, 7) is 2.21. The topological polar surface area (TPSA) is 55.8 Å². The molecule has 1 N–H and O–H groups in total. The number of phenols is 1. The molecule has 0 spiro atoms. The minimum absolute atomic E-state index is 0.0388. The number of carbonyl (C=O) groups excluding carboxylic acids is 1. The van der Waals surface area contributed by atoms with Gasteiger partial charge in [0.2, 0.25) is 0 Å². The second-order valence-corrected chi connectivity index (χ2v) is 6.24. The third-order valence-corrected chi connectivity index (χ3v) is 4.30. The number of rotatable bonds is 7. The molecule has 0 saturated carbocycles. The van der Waals surface area contributed by atoms with Crippen molar-refractivity contribution in [3.05, 3.63) is 95.1 Å². The van der Waals surface area contributed by atoms with Crippen LogP contribution in [0.2, 0.25) is 0 Å². The molecular formula is C24H22O4. The first kappa shape index (κ1) is 19.2. The van der Waals surface area contributed by atoms with Gasteiger partial charge in [0, 0.05) is 11.6 Å². The van der Waals surface area contributed by atoms with E-state index in [1.54, 1.807) is 37.4 Å². The Hall–Kier alpha value is -3.53. The van der Waals surface area contributed by atoms with Gasteiger partial charge < -0.3 is 14.6 Å². The maximum absolute atomic E-state index is 13.3. The first-order valence-electron chi connectivity index (χ1n) is 8.97. The molecule has 0 bridgehead atoms. The van der Waals surface area contributed by atoms with Crippen LogP contribution in [-0.4, -0.2) is 18.0 Å². The predicted molar refractivity (Wildman–Crippen MR) is 110 cm³/mol. The fraction of sp³-hybridized carbons (Fsp3) is 0.125. The lowest BCUT2D eigenvalue weighted by atomic mass is 9.97. The molecule has 0 amide bonds. The van der Waals surface area contributed by atoms with Gasteiger partial charge in [-0.05, 0) is 42.3 Å². The lowest BCUT2D eigenvalue weighted by molar-refractivity contribution is 0.103. The van der Waals surface area contributed by atoms with E-state index < -0.39 is 0 Å². The van der Waals surface area contributed by atoms with Crippen molar-refractivity contribution in [3.63, 3.8) is 0 Å². The van der Waals surface area contributed by atoms with E-state index in [9.17, 15) is 9.90 Å². The van der Waals surface area contributed by atoms with E-state index in [4.69, 9.17) is 9.47 Å². The van der Waals surface area contributed by atoms with Crippen molar-refractivity contribution in [2.24, 2.45) is 0 Å². The Labute approximate surface area is 164 Å². The lowest BCUT2D eigenvalue weighted by Gasteiger charge is -2.14. The first-order valence-corrected chi connectivity index (χ1v) is 8.97. The van der Waals surface area contributed by atoms with Crippen molar-refractivity contribution >= 4 is 11.9 Å². The maximum Gasteiger partial charge on any atom is 0.197 e. The highest BCUT2D eigenvalue weighted by Crippen LogP contribution is 2.30. The second kappa shape index (κ2) is 8.91. The number of benzene rings is 3. The van der Waals surface area contributed by atoms with Crippen molar-refractivity contribution in [1.29, 1.82) is 0 Å². The fourth-order valence-corrected chi connectivity index (χ4v) is 2.88. The SMILES string of the molecule is C/C=C/c1ccc(O)cc1C(=O)c1ccc(OC)cc1OCc1ccccc1. The number of aromatic hydroxyl groups is 1. The lowest BCUT2D eigenvalue weighted by Crippen LogP contribution is -2.07. The van der Waals surface area contributed by atoms with E-state index in [0.29, 0.717) is 29.2 Å². The number of hydrogen-bond donors (Lipinski definition) is 1. The van der Waals surface area contributed by atoms with E-state index in [0.717, 1.165) is 11.1 Å². The van der Waals surface area contributed by atoms with Crippen LogP contribution in [0.3, 0.4) is 0 Å². The molecule has 0 saturated heterocycles. The molecule has 4 heteroatoms. The molecule has 3 aromatic carbocycles. The minimum Gasteiger partial charge on any atom is -0.508 e. The molecule has 0 unspecified atom stereocenters. The van der Waals surface area contributed by atoms with E-state index in [1.165, 1.54) is 6.07 Å². The standard InChI is InChI=1S/C24H22O4/c1-3-7-18-10-11-19(25)14-22(18)24(26)21-13-12-20(27-2)15-23(21)28-16-17-8-5-4-6-9-17/h3-15,25H,16H2,1-2H3/b7-3+. The van der Waals surface area contributed by atoms with Crippen molar-refractivity contribution in [1.82, 2.24) is 0 Å². The van der Waals surface area contributed by atoms with Crippen LogP contribution >= 0.6 is 0 Å². The molecule has 3 rings (SSSR count). The van der Waals surface area contributed by atoms with Crippen LogP contribution in [0.15, 0.2) is 72.8 Å². The van der Waals surface area contributed by atoms with Gasteiger partial charge in [-0.2, -0.15) is 0 Å². The highest BCUT2D eigenvalue weighted by atomic mass is 16.5. The monoisotopic (exact) mass is 374 g/mol. The number of ether oxygens (including phenoxy) is 2. The summed E-state index contributed by atoms with van der Waals surface area (Å²) >= 11 is 0. The highest BCUT2D eigenvalue weighted by molar-refractivity contribution is 6.13. The van der Waals surface area contributed by atoms with E-state index in [2.05, 4.69) is 0 Å². The van der Waals surface area contributed by atoms with Crippen LogP contribution < -0.4 is 9.47 Å². The van der Waals surface area contributed by atoms with Crippen LogP contribution in [0.5, 0.6) is 17.2 Å². The van der Waals surface area contributed by atoms with Gasteiger partial charge in [0.25, 0.3) is 0 Å². The van der Waals surface area contributed by atoms with Crippen LogP contribution in [-0.2, 0) is 6.61 Å². The molecule has 0 aliphatic rings. The van der Waals surface area contributed by atoms with Gasteiger partial charge in [-0.3, -0.25) is 4.79 Å². The molecule has 0 heterocycles. The van der Waals surface area contributed by atoms with Gasteiger partial charge in [0.15, 0.2) is 5.78 Å². The van der Waals surface area contributed by atoms with Crippen molar-refractivity contribution < 1.29 is 19.4 Å². The molecule has 0 aliphatic heterocycles. The average Bonchev–Trinajstić information content (AvgIpc) is 2.73. The number of ketones is 1. The summed E-state index contributed by atoms with van der Waals surface area (Å²) in [6, 6.07) is 19.6. The Morgan fingerprint density at radius 1 is 1.00 bits per heavy atom. The largest absolute Gasteiger partial charge is 0.508 e. The Bertz CT molecular complexity index is 991. The second-order valence-electron chi connectivity index (χ2n) is 6.24. The molecule has 0 aromatic heterocycles. The molecule has 0 fully saturated rings. The third-order valence-electron chi connectivity index (χ3n) is 4.30. The summed E-state index contributed by atoms with van der Waals surface area (Å²) in [5, 5.41) is 9.88. The molecule has 0 atom stereocenters. The first-order chi connectivity index (χ1) is 13.6. The van der Waals surface area contributed by atoms with Crippen molar-refractivity contribution in [2.75, 3.05) is 7.11 Å². The van der Waals surface area contributed by atoms with Crippen molar-refractivity contribution in [3.8, 4) is 17.2 Å². The zero-order valence-corrected chi connectivity index (χ0v) is 15.9. The Kier molecular flexibility index (Phi) is 6.12. The number of hydrogen-bond acceptors (Lipinski definition) is 4. The molecule has 3 aromatic rings. The van der Waals surface area contributed by atoms with Crippen LogP contribution in [0.25, 0.3) is 6.08 Å². The molecule has 142 valence electrons. The zero-order valence-electron chi connectivity index (χ0n) is 15.9. The summed E-state index contributed by atoms with van der Waals surface area (Å²) in [4.78, 5) is 13.3. The summed E-state index contributed by atoms with van der Waals surface area (Å²) in [5.74, 6) is 0.846. The van der Waals surface area contributed by atoms with E-state index in [-0.39, 0.29) is 11.5 Å². The van der Waals surface area contributed by atoms with Gasteiger partial charge >= 0.3 is 0 Å². The number of allylic oxidation sites excluding steroid dienone is 1. The zero-order chi connectivity index (χ0) is 19.9. The smallest absolute Gasteiger partial charge is 0.197 e. The number of methoxy groups -OCH3 is 1. The molecule has 0 radical (unpaired) electrons. The van der Waals surface area contributed by atoms with Gasteiger partial charge in [0.05, 0.1) is 12.7 Å². The van der Waals surface area contributed by atoms with E-state index in [1.807, 2.05) is 49.4 Å². The van der Waals surface area contributed by atoms with Crippen LogP contribution in [0.1, 0.15) is 34.0 Å². The molecule has 4 nitrogen and oxygen atoms in total. The number of phenolic OH excluding ortho intramolecular Hbond substituents is 1. The Balaban J connectivity index is 1.99. The third kappa shape index (κ3) is 4.41. The molecule has 0 aliphatic carbocycles.